The third kappa shape index (κ3) is 3.41. The lowest BCUT2D eigenvalue weighted by molar-refractivity contribution is -0.147. The molecule has 29 heavy (non-hydrogen) atoms. The second kappa shape index (κ2) is 7.30. The Kier molecular flexibility index (Phi) is 5.08. The lowest BCUT2D eigenvalue weighted by Crippen LogP contribution is -2.49. The summed E-state index contributed by atoms with van der Waals surface area (Å²) in [5.41, 5.74) is -1.24. The summed E-state index contributed by atoms with van der Waals surface area (Å²) in [4.78, 5) is 28.6. The van der Waals surface area contributed by atoms with Gasteiger partial charge in [-0.15, -0.1) is 16.4 Å². The molecule has 2 aromatic heterocycles. The number of hydrogen-bond donors (Lipinski definition) is 0. The number of hydrogen-bond acceptors (Lipinski definition) is 4. The molecule has 1 saturated heterocycles. The van der Waals surface area contributed by atoms with Crippen molar-refractivity contribution in [1.82, 2.24) is 19.2 Å². The molecule has 0 atom stereocenters. The molecule has 0 bridgehead atoms. The SMILES string of the molecule is Cn1c(C(F)(F)F)nn(C2CCN(C(=O)C3(c4cccs4)CCCC3)CC2)c1=O. The summed E-state index contributed by atoms with van der Waals surface area (Å²) in [6, 6.07) is 3.55. The fraction of sp³-hybridized carbons (Fsp3) is 0.632. The van der Waals surface area contributed by atoms with Crippen LogP contribution in [-0.4, -0.2) is 38.2 Å². The highest BCUT2D eigenvalue weighted by molar-refractivity contribution is 7.10. The van der Waals surface area contributed by atoms with Gasteiger partial charge in [-0.2, -0.15) is 13.2 Å². The zero-order valence-corrected chi connectivity index (χ0v) is 16.9. The molecule has 4 rings (SSSR count). The fourth-order valence-corrected chi connectivity index (χ4v) is 5.63. The number of aromatic nitrogens is 3. The van der Waals surface area contributed by atoms with Gasteiger partial charge < -0.3 is 4.90 Å². The van der Waals surface area contributed by atoms with Gasteiger partial charge in [0.2, 0.25) is 11.7 Å². The largest absolute Gasteiger partial charge is 0.451 e. The Balaban J connectivity index is 1.50. The van der Waals surface area contributed by atoms with E-state index in [2.05, 4.69) is 5.10 Å². The number of carbonyl (C=O) groups excluding carboxylic acids is 1. The number of nitrogens with zero attached hydrogens (tertiary/aromatic N) is 4. The summed E-state index contributed by atoms with van der Waals surface area (Å²) in [5, 5.41) is 5.53. The quantitative estimate of drug-likeness (QED) is 0.754. The summed E-state index contributed by atoms with van der Waals surface area (Å²) < 4.78 is 40.6. The summed E-state index contributed by atoms with van der Waals surface area (Å²) in [6.45, 7) is 0.835. The van der Waals surface area contributed by atoms with Crippen LogP contribution in [0, 0.1) is 0 Å². The number of likely N-dealkylation sites (tertiary alicyclic amines) is 1. The van der Waals surface area contributed by atoms with Crippen LogP contribution in [0.15, 0.2) is 22.3 Å². The van der Waals surface area contributed by atoms with Gasteiger partial charge in [-0.3, -0.25) is 9.36 Å². The van der Waals surface area contributed by atoms with E-state index in [0.29, 0.717) is 30.5 Å². The van der Waals surface area contributed by atoms with Crippen LogP contribution in [-0.2, 0) is 23.4 Å². The van der Waals surface area contributed by atoms with E-state index in [-0.39, 0.29) is 5.91 Å². The molecule has 2 aliphatic rings. The van der Waals surface area contributed by atoms with Crippen LogP contribution in [0.1, 0.15) is 55.3 Å². The summed E-state index contributed by atoms with van der Waals surface area (Å²) in [6.07, 6.45) is -0.137. The minimum Gasteiger partial charge on any atom is -0.342 e. The van der Waals surface area contributed by atoms with Crippen molar-refractivity contribution in [2.75, 3.05) is 13.1 Å². The highest BCUT2D eigenvalue weighted by atomic mass is 32.1. The molecular formula is C19H23F3N4O2S. The van der Waals surface area contributed by atoms with Gasteiger partial charge >= 0.3 is 11.9 Å². The predicted octanol–water partition coefficient (Wildman–Crippen LogP) is 3.34. The normalized spacial score (nSPS) is 20.3. The van der Waals surface area contributed by atoms with Crippen LogP contribution in [0.5, 0.6) is 0 Å². The van der Waals surface area contributed by atoms with Crippen molar-refractivity contribution in [2.24, 2.45) is 7.05 Å². The van der Waals surface area contributed by atoms with Crippen molar-refractivity contribution in [3.05, 3.63) is 38.7 Å². The van der Waals surface area contributed by atoms with Crippen LogP contribution in [0.25, 0.3) is 0 Å². The maximum Gasteiger partial charge on any atom is 0.451 e. The lowest BCUT2D eigenvalue weighted by atomic mass is 9.82. The molecule has 0 aromatic carbocycles. The third-order valence-corrected chi connectivity index (χ3v) is 7.29. The van der Waals surface area contributed by atoms with E-state index in [1.165, 1.54) is 0 Å². The number of thiophene rings is 1. The number of alkyl halides is 3. The minimum absolute atomic E-state index is 0.111. The number of rotatable bonds is 3. The minimum atomic E-state index is -4.68. The Morgan fingerprint density at radius 2 is 1.90 bits per heavy atom. The van der Waals surface area contributed by atoms with E-state index in [0.717, 1.165) is 42.3 Å². The topological polar surface area (TPSA) is 60.1 Å². The molecule has 1 aliphatic heterocycles. The molecule has 0 unspecified atom stereocenters. The molecule has 2 aromatic rings. The van der Waals surface area contributed by atoms with Gasteiger partial charge in [0.05, 0.1) is 11.5 Å². The van der Waals surface area contributed by atoms with Crippen molar-refractivity contribution < 1.29 is 18.0 Å². The van der Waals surface area contributed by atoms with E-state index in [9.17, 15) is 22.8 Å². The van der Waals surface area contributed by atoms with Crippen molar-refractivity contribution in [3.63, 3.8) is 0 Å². The smallest absolute Gasteiger partial charge is 0.342 e. The first-order valence-electron chi connectivity index (χ1n) is 9.80. The van der Waals surface area contributed by atoms with E-state index >= 15 is 0 Å². The van der Waals surface area contributed by atoms with Gasteiger partial charge in [-0.05, 0) is 37.1 Å². The third-order valence-electron chi connectivity index (χ3n) is 6.21. The van der Waals surface area contributed by atoms with Gasteiger partial charge in [0.15, 0.2) is 0 Å². The van der Waals surface area contributed by atoms with E-state index in [4.69, 9.17) is 0 Å². The van der Waals surface area contributed by atoms with Crippen LogP contribution < -0.4 is 5.69 Å². The first-order valence-corrected chi connectivity index (χ1v) is 10.7. The van der Waals surface area contributed by atoms with Crippen LogP contribution in [0.3, 0.4) is 0 Å². The van der Waals surface area contributed by atoms with E-state index in [1.54, 1.807) is 11.3 Å². The second-order valence-corrected chi connectivity index (χ2v) is 8.85. The van der Waals surface area contributed by atoms with Gasteiger partial charge in [0.25, 0.3) is 0 Å². The molecule has 0 radical (unpaired) electrons. The Morgan fingerprint density at radius 3 is 2.41 bits per heavy atom. The molecule has 1 saturated carbocycles. The van der Waals surface area contributed by atoms with E-state index in [1.807, 2.05) is 22.4 Å². The molecule has 0 spiro atoms. The standard InChI is InChI=1S/C19H23F3N4O2S/c1-24-15(19(20,21)22)23-26(17(24)28)13-6-10-25(11-7-13)16(27)18(8-2-3-9-18)14-5-4-12-29-14/h4-5,12-13H,2-3,6-11H2,1H3. The zero-order valence-electron chi connectivity index (χ0n) is 16.1. The highest BCUT2D eigenvalue weighted by Gasteiger charge is 2.46. The zero-order chi connectivity index (χ0) is 20.8. The average molecular weight is 428 g/mol. The summed E-state index contributed by atoms with van der Waals surface area (Å²) in [7, 11) is 1.08. The number of halogens is 3. The van der Waals surface area contributed by atoms with E-state index < -0.39 is 29.1 Å². The molecular weight excluding hydrogens is 405 g/mol. The Bertz CT molecular complexity index is 934. The van der Waals surface area contributed by atoms with Gasteiger partial charge in [0.1, 0.15) is 0 Å². The molecule has 1 amide bonds. The van der Waals surface area contributed by atoms with Crippen molar-refractivity contribution in [3.8, 4) is 0 Å². The second-order valence-electron chi connectivity index (χ2n) is 7.90. The molecule has 2 fully saturated rings. The van der Waals surface area contributed by atoms with Gasteiger partial charge in [0, 0.05) is 25.0 Å². The molecule has 3 heterocycles. The highest BCUT2D eigenvalue weighted by Crippen LogP contribution is 2.45. The summed E-state index contributed by atoms with van der Waals surface area (Å²) >= 11 is 1.61. The average Bonchev–Trinajstić information content (AvgIpc) is 3.43. The Hall–Kier alpha value is -2.10. The lowest BCUT2D eigenvalue weighted by Gasteiger charge is -2.38. The fourth-order valence-electron chi connectivity index (χ4n) is 4.65. The molecule has 10 heteroatoms. The molecule has 158 valence electrons. The van der Waals surface area contributed by atoms with Gasteiger partial charge in [-0.25, -0.2) is 9.48 Å². The Labute approximate surface area is 169 Å². The monoisotopic (exact) mass is 428 g/mol. The van der Waals surface area contributed by atoms with Crippen molar-refractivity contribution in [2.45, 2.75) is 56.2 Å². The predicted molar refractivity (Wildman–Crippen MR) is 102 cm³/mol. The van der Waals surface area contributed by atoms with Crippen LogP contribution in [0.2, 0.25) is 0 Å². The first-order chi connectivity index (χ1) is 13.7. The van der Waals surface area contributed by atoms with Crippen LogP contribution >= 0.6 is 11.3 Å². The summed E-state index contributed by atoms with van der Waals surface area (Å²) in [5.74, 6) is -1.08. The van der Waals surface area contributed by atoms with Gasteiger partial charge in [-0.1, -0.05) is 18.9 Å². The number of piperidine rings is 1. The maximum absolute atomic E-state index is 13.4. The first kappa shape index (κ1) is 20.2. The molecule has 1 aliphatic carbocycles. The molecule has 6 nitrogen and oxygen atoms in total. The van der Waals surface area contributed by atoms with Crippen molar-refractivity contribution in [1.29, 1.82) is 0 Å². The maximum atomic E-state index is 13.4. The number of carbonyl (C=O) groups is 1. The Morgan fingerprint density at radius 1 is 1.24 bits per heavy atom. The van der Waals surface area contributed by atoms with Crippen molar-refractivity contribution >= 4 is 17.2 Å². The van der Waals surface area contributed by atoms with Crippen LogP contribution in [0.4, 0.5) is 13.2 Å². The number of amides is 1. The molecule has 0 N–H and O–H groups in total.